The van der Waals surface area contributed by atoms with Crippen LogP contribution < -0.4 is 5.73 Å². The van der Waals surface area contributed by atoms with E-state index in [2.05, 4.69) is 19.5 Å². The van der Waals surface area contributed by atoms with Gasteiger partial charge in [0.05, 0.1) is 19.0 Å². The molecule has 2 aromatic rings. The topological polar surface area (TPSA) is 146 Å². The summed E-state index contributed by atoms with van der Waals surface area (Å²) in [5, 5.41) is 0. The highest BCUT2D eigenvalue weighted by molar-refractivity contribution is 7.46. The van der Waals surface area contributed by atoms with Crippen LogP contribution in [0.2, 0.25) is 0 Å². The van der Waals surface area contributed by atoms with Gasteiger partial charge in [0.2, 0.25) is 0 Å². The molecule has 0 aromatic carbocycles. The second kappa shape index (κ2) is 5.81. The van der Waals surface area contributed by atoms with Gasteiger partial charge < -0.3 is 24.8 Å². The third-order valence-corrected chi connectivity index (χ3v) is 2.90. The lowest BCUT2D eigenvalue weighted by molar-refractivity contribution is -0.0450. The molecule has 0 fully saturated rings. The number of rotatable bonds is 6. The lowest BCUT2D eigenvalue weighted by atomic mass is 10.4. The molecule has 0 saturated heterocycles. The lowest BCUT2D eigenvalue weighted by Gasteiger charge is -2.14. The zero-order chi connectivity index (χ0) is 14.8. The van der Waals surface area contributed by atoms with E-state index in [1.54, 1.807) is 17.8 Å². The van der Waals surface area contributed by atoms with Crippen LogP contribution in [-0.2, 0) is 20.4 Å². The van der Waals surface area contributed by atoms with E-state index in [9.17, 15) is 4.57 Å². The molecule has 1 unspecified atom stereocenters. The van der Waals surface area contributed by atoms with Crippen molar-refractivity contribution in [3.05, 3.63) is 12.7 Å². The van der Waals surface area contributed by atoms with E-state index in [4.69, 9.17) is 20.3 Å². The van der Waals surface area contributed by atoms with E-state index in [0.29, 0.717) is 17.7 Å². The zero-order valence-corrected chi connectivity index (χ0v) is 11.5. The van der Waals surface area contributed by atoms with Gasteiger partial charge in [-0.3, -0.25) is 4.52 Å². The molecular formula is C9H14N5O5P. The third-order valence-electron chi connectivity index (χ3n) is 2.46. The molecule has 0 aliphatic heterocycles. The van der Waals surface area contributed by atoms with Gasteiger partial charge in [0.25, 0.3) is 0 Å². The van der Waals surface area contributed by atoms with Gasteiger partial charge in [-0.25, -0.2) is 19.5 Å². The number of imidazole rings is 1. The van der Waals surface area contributed by atoms with E-state index in [0.717, 1.165) is 0 Å². The van der Waals surface area contributed by atoms with Crippen LogP contribution in [0.25, 0.3) is 11.2 Å². The van der Waals surface area contributed by atoms with Crippen LogP contribution in [0, 0.1) is 0 Å². The van der Waals surface area contributed by atoms with Crippen LogP contribution >= 0.6 is 7.82 Å². The Bertz CT molecular complexity index is 641. The molecule has 0 spiro atoms. The second-order valence-corrected chi connectivity index (χ2v) is 5.28. The highest BCUT2D eigenvalue weighted by atomic mass is 31.2. The van der Waals surface area contributed by atoms with Crippen molar-refractivity contribution in [1.82, 2.24) is 19.5 Å². The molecule has 0 aliphatic carbocycles. The first kappa shape index (κ1) is 14.8. The predicted octanol–water partition coefficient (Wildman–Crippen LogP) is -0.120. The van der Waals surface area contributed by atoms with E-state index < -0.39 is 14.6 Å². The number of hydrogen-bond donors (Lipinski definition) is 3. The summed E-state index contributed by atoms with van der Waals surface area (Å²) < 4.78 is 21.5. The maximum atomic E-state index is 10.5. The van der Waals surface area contributed by atoms with Crippen molar-refractivity contribution >= 4 is 24.8 Å². The normalized spacial score (nSPS) is 13.8. The Morgan fingerprint density at radius 1 is 1.45 bits per heavy atom. The van der Waals surface area contributed by atoms with Gasteiger partial charge in [-0.05, 0) is 6.92 Å². The van der Waals surface area contributed by atoms with Crippen molar-refractivity contribution in [2.45, 2.75) is 19.6 Å². The molecule has 2 aromatic heterocycles. The van der Waals surface area contributed by atoms with Gasteiger partial charge in [0.15, 0.2) is 18.3 Å². The summed E-state index contributed by atoms with van der Waals surface area (Å²) in [4.78, 5) is 29.0. The summed E-state index contributed by atoms with van der Waals surface area (Å²) in [6.45, 7) is 1.59. The number of aromatic nitrogens is 4. The van der Waals surface area contributed by atoms with Crippen molar-refractivity contribution in [3.63, 3.8) is 0 Å². The average molecular weight is 303 g/mol. The zero-order valence-electron chi connectivity index (χ0n) is 10.6. The molecule has 1 atom stereocenters. The second-order valence-electron chi connectivity index (χ2n) is 4.04. The monoisotopic (exact) mass is 303 g/mol. The molecule has 2 heterocycles. The third kappa shape index (κ3) is 3.71. The number of phosphoric ester groups is 1. The molecule has 11 heteroatoms. The summed E-state index contributed by atoms with van der Waals surface area (Å²) >= 11 is 0. The van der Waals surface area contributed by atoms with Gasteiger partial charge in [-0.2, -0.15) is 0 Å². The first-order valence-electron chi connectivity index (χ1n) is 5.60. The lowest BCUT2D eigenvalue weighted by Crippen LogP contribution is -2.17. The summed E-state index contributed by atoms with van der Waals surface area (Å²) in [6, 6.07) is 0. The minimum absolute atomic E-state index is 0.284. The fraction of sp³-hybridized carbons (Fsp3) is 0.444. The molecular weight excluding hydrogens is 289 g/mol. The number of anilines is 1. The summed E-state index contributed by atoms with van der Waals surface area (Å²) in [5.41, 5.74) is 6.71. The van der Waals surface area contributed by atoms with Gasteiger partial charge in [-0.15, -0.1) is 0 Å². The smallest absolute Gasteiger partial charge is 0.382 e. The molecule has 4 N–H and O–H groups in total. The number of phosphoric acid groups is 1. The first-order valence-corrected chi connectivity index (χ1v) is 7.13. The van der Waals surface area contributed by atoms with Crippen LogP contribution in [-0.4, -0.2) is 42.2 Å². The fourth-order valence-electron chi connectivity index (χ4n) is 1.58. The molecule has 110 valence electrons. The van der Waals surface area contributed by atoms with E-state index >= 15 is 0 Å². The van der Waals surface area contributed by atoms with Crippen molar-refractivity contribution in [2.75, 3.05) is 12.5 Å². The highest BCUT2D eigenvalue weighted by Crippen LogP contribution is 2.35. The number of nitrogen functional groups attached to an aromatic ring is 1. The molecule has 0 radical (unpaired) electrons. The van der Waals surface area contributed by atoms with Gasteiger partial charge >= 0.3 is 7.82 Å². The number of hydrogen-bond acceptors (Lipinski definition) is 7. The number of ether oxygens (including phenoxy) is 1. The van der Waals surface area contributed by atoms with E-state index in [1.165, 1.54) is 6.33 Å². The number of nitrogens with zero attached hydrogens (tertiary/aromatic N) is 4. The Hall–Kier alpha value is -1.58. The van der Waals surface area contributed by atoms with Crippen molar-refractivity contribution in [1.29, 1.82) is 0 Å². The van der Waals surface area contributed by atoms with E-state index in [-0.39, 0.29) is 11.9 Å². The van der Waals surface area contributed by atoms with Crippen LogP contribution in [0.5, 0.6) is 0 Å². The van der Waals surface area contributed by atoms with Crippen LogP contribution in [0.4, 0.5) is 5.82 Å². The number of fused-ring (bicyclic) bond motifs is 1. The minimum Gasteiger partial charge on any atom is -0.382 e. The van der Waals surface area contributed by atoms with E-state index in [1.807, 2.05) is 0 Å². The highest BCUT2D eigenvalue weighted by Gasteiger charge is 2.15. The molecule has 0 aliphatic rings. The maximum absolute atomic E-state index is 10.5. The minimum atomic E-state index is -4.52. The largest absolute Gasteiger partial charge is 0.471 e. The van der Waals surface area contributed by atoms with Crippen LogP contribution in [0.1, 0.15) is 6.92 Å². The Labute approximate surface area is 113 Å². The molecule has 0 amide bonds. The average Bonchev–Trinajstić information content (AvgIpc) is 2.72. The molecule has 0 saturated carbocycles. The van der Waals surface area contributed by atoms with Crippen LogP contribution in [0.15, 0.2) is 12.7 Å². The SMILES string of the molecule is CC(Cn1cnc2c(N)ncnc21)OCOP(=O)(O)O. The Kier molecular flexibility index (Phi) is 4.31. The maximum Gasteiger partial charge on any atom is 0.471 e. The first-order chi connectivity index (χ1) is 9.37. The van der Waals surface area contributed by atoms with Gasteiger partial charge in [0.1, 0.15) is 11.8 Å². The Morgan fingerprint density at radius 3 is 2.90 bits per heavy atom. The Balaban J connectivity index is 1.98. The van der Waals surface area contributed by atoms with Gasteiger partial charge in [0, 0.05) is 0 Å². The quantitative estimate of drug-likeness (QED) is 0.491. The van der Waals surface area contributed by atoms with Gasteiger partial charge in [-0.1, -0.05) is 0 Å². The van der Waals surface area contributed by atoms with Crippen molar-refractivity contribution in [3.8, 4) is 0 Å². The Morgan fingerprint density at radius 2 is 2.20 bits per heavy atom. The van der Waals surface area contributed by atoms with Crippen molar-refractivity contribution < 1.29 is 23.6 Å². The summed E-state index contributed by atoms with van der Waals surface area (Å²) in [5.74, 6) is 0.284. The summed E-state index contributed by atoms with van der Waals surface area (Å²) in [6.07, 6.45) is 2.51. The molecule has 20 heavy (non-hydrogen) atoms. The number of nitrogens with two attached hydrogens (primary N) is 1. The standard InChI is InChI=1S/C9H14N5O5P/c1-6(18-5-19-20(15,16)17)2-14-4-13-7-8(10)11-3-12-9(7)14/h3-4,6H,2,5H2,1H3,(H2,10,11,12)(H2,15,16,17). The summed E-state index contributed by atoms with van der Waals surface area (Å²) in [7, 11) is -4.52. The molecule has 0 bridgehead atoms. The molecule has 10 nitrogen and oxygen atoms in total. The van der Waals surface area contributed by atoms with Crippen LogP contribution in [0.3, 0.4) is 0 Å². The molecule has 2 rings (SSSR count). The van der Waals surface area contributed by atoms with Crippen molar-refractivity contribution in [2.24, 2.45) is 0 Å². The fourth-order valence-corrected chi connectivity index (χ4v) is 1.78. The predicted molar refractivity (Wildman–Crippen MR) is 68.3 cm³/mol.